The third-order valence-corrected chi connectivity index (χ3v) is 3.55. The number of rotatable bonds is 4. The Hall–Kier alpha value is -2.16. The molecule has 0 radical (unpaired) electrons. The number of aryl methyl sites for hydroxylation is 2. The number of hydrogen-bond acceptors (Lipinski definition) is 3. The maximum atomic E-state index is 6.00. The maximum absolute atomic E-state index is 6.00. The van der Waals surface area contributed by atoms with Crippen molar-refractivity contribution in [1.29, 1.82) is 0 Å². The fraction of sp³-hybridized carbons (Fsp3) is 0.294. The van der Waals surface area contributed by atoms with E-state index < -0.39 is 0 Å². The predicted molar refractivity (Wildman–Crippen MR) is 82.4 cm³/mol. The quantitative estimate of drug-likeness (QED) is 0.861. The van der Waals surface area contributed by atoms with Crippen LogP contribution in [0.4, 0.5) is 5.69 Å². The van der Waals surface area contributed by atoms with Crippen molar-refractivity contribution in [3.63, 3.8) is 0 Å². The van der Waals surface area contributed by atoms with Gasteiger partial charge in [0, 0.05) is 11.3 Å². The van der Waals surface area contributed by atoms with Crippen LogP contribution in [-0.4, -0.2) is 7.11 Å². The molecule has 0 bridgehead atoms. The molecule has 0 aliphatic rings. The summed E-state index contributed by atoms with van der Waals surface area (Å²) in [5, 5.41) is 0. The second-order valence-corrected chi connectivity index (χ2v) is 5.01. The molecule has 2 N–H and O–H groups in total. The summed E-state index contributed by atoms with van der Waals surface area (Å²) in [6.07, 6.45) is 0. The van der Waals surface area contributed by atoms with Gasteiger partial charge < -0.3 is 15.2 Å². The molecule has 0 unspecified atom stereocenters. The first-order chi connectivity index (χ1) is 9.52. The maximum Gasteiger partial charge on any atom is 0.125 e. The molecular formula is C17H21NO2. The molecule has 20 heavy (non-hydrogen) atoms. The van der Waals surface area contributed by atoms with E-state index in [1.54, 1.807) is 7.11 Å². The van der Waals surface area contributed by atoms with Gasteiger partial charge in [0.2, 0.25) is 0 Å². The van der Waals surface area contributed by atoms with Gasteiger partial charge in [0.25, 0.3) is 0 Å². The van der Waals surface area contributed by atoms with Crippen molar-refractivity contribution in [3.05, 3.63) is 52.6 Å². The Morgan fingerprint density at radius 2 is 1.70 bits per heavy atom. The molecule has 0 aliphatic heterocycles. The molecule has 0 amide bonds. The van der Waals surface area contributed by atoms with E-state index in [2.05, 4.69) is 32.9 Å². The number of nitrogens with two attached hydrogens (primary N) is 1. The molecule has 2 rings (SSSR count). The third-order valence-electron chi connectivity index (χ3n) is 3.55. The van der Waals surface area contributed by atoms with Gasteiger partial charge in [0.1, 0.15) is 18.1 Å². The first kappa shape index (κ1) is 14.3. The molecule has 0 saturated heterocycles. The van der Waals surface area contributed by atoms with E-state index in [1.807, 2.05) is 18.2 Å². The van der Waals surface area contributed by atoms with Gasteiger partial charge in [-0.15, -0.1) is 0 Å². The second-order valence-electron chi connectivity index (χ2n) is 5.01. The van der Waals surface area contributed by atoms with Crippen molar-refractivity contribution >= 4 is 5.69 Å². The van der Waals surface area contributed by atoms with Crippen LogP contribution in [0.15, 0.2) is 30.3 Å². The van der Waals surface area contributed by atoms with Crippen LogP contribution in [0.1, 0.15) is 22.3 Å². The SMILES string of the molecule is COc1ccc(N)cc1COc1c(C)ccc(C)c1C. The largest absolute Gasteiger partial charge is 0.496 e. The molecular weight excluding hydrogens is 250 g/mol. The van der Waals surface area contributed by atoms with Gasteiger partial charge in [-0.3, -0.25) is 0 Å². The van der Waals surface area contributed by atoms with Crippen molar-refractivity contribution < 1.29 is 9.47 Å². The fourth-order valence-electron chi connectivity index (χ4n) is 2.21. The van der Waals surface area contributed by atoms with E-state index >= 15 is 0 Å². The molecule has 0 atom stereocenters. The minimum atomic E-state index is 0.444. The topological polar surface area (TPSA) is 44.5 Å². The van der Waals surface area contributed by atoms with E-state index in [4.69, 9.17) is 15.2 Å². The smallest absolute Gasteiger partial charge is 0.125 e. The van der Waals surface area contributed by atoms with E-state index in [9.17, 15) is 0 Å². The van der Waals surface area contributed by atoms with Gasteiger partial charge in [0.15, 0.2) is 0 Å². The minimum Gasteiger partial charge on any atom is -0.496 e. The van der Waals surface area contributed by atoms with Crippen LogP contribution in [0.3, 0.4) is 0 Å². The van der Waals surface area contributed by atoms with E-state index in [1.165, 1.54) is 11.1 Å². The standard InChI is InChI=1S/C17H21NO2/c1-11-5-6-12(2)17(13(11)3)20-10-14-9-15(18)7-8-16(14)19-4/h5-9H,10,18H2,1-4H3. The summed E-state index contributed by atoms with van der Waals surface area (Å²) in [6, 6.07) is 9.77. The van der Waals surface area contributed by atoms with Crippen LogP contribution >= 0.6 is 0 Å². The predicted octanol–water partition coefficient (Wildman–Crippen LogP) is 3.78. The third kappa shape index (κ3) is 2.87. The highest BCUT2D eigenvalue weighted by Gasteiger charge is 2.09. The lowest BCUT2D eigenvalue weighted by Crippen LogP contribution is -2.03. The molecule has 3 nitrogen and oxygen atoms in total. The average Bonchev–Trinajstić information content (AvgIpc) is 2.43. The number of benzene rings is 2. The zero-order valence-corrected chi connectivity index (χ0v) is 12.5. The summed E-state index contributed by atoms with van der Waals surface area (Å²) >= 11 is 0. The van der Waals surface area contributed by atoms with Crippen molar-refractivity contribution in [1.82, 2.24) is 0 Å². The highest BCUT2D eigenvalue weighted by molar-refractivity contribution is 5.48. The number of methoxy groups -OCH3 is 1. The van der Waals surface area contributed by atoms with Crippen LogP contribution < -0.4 is 15.2 Å². The summed E-state index contributed by atoms with van der Waals surface area (Å²) in [4.78, 5) is 0. The van der Waals surface area contributed by atoms with Gasteiger partial charge >= 0.3 is 0 Å². The fourth-order valence-corrected chi connectivity index (χ4v) is 2.21. The van der Waals surface area contributed by atoms with Crippen molar-refractivity contribution in [2.45, 2.75) is 27.4 Å². The molecule has 3 heteroatoms. The molecule has 0 heterocycles. The number of nitrogen functional groups attached to an aromatic ring is 1. The Kier molecular flexibility index (Phi) is 4.18. The Morgan fingerprint density at radius 1 is 1.00 bits per heavy atom. The lowest BCUT2D eigenvalue weighted by molar-refractivity contribution is 0.293. The summed E-state index contributed by atoms with van der Waals surface area (Å²) < 4.78 is 11.3. The van der Waals surface area contributed by atoms with Gasteiger partial charge in [-0.05, 0) is 55.7 Å². The second kappa shape index (κ2) is 5.87. The van der Waals surface area contributed by atoms with Gasteiger partial charge in [0.05, 0.1) is 7.11 Å². The first-order valence-electron chi connectivity index (χ1n) is 6.65. The zero-order valence-electron chi connectivity index (χ0n) is 12.5. The summed E-state index contributed by atoms with van der Waals surface area (Å²) in [6.45, 7) is 6.66. The molecule has 0 fully saturated rings. The Bertz CT molecular complexity index is 621. The van der Waals surface area contributed by atoms with E-state index in [0.29, 0.717) is 12.3 Å². The highest BCUT2D eigenvalue weighted by atomic mass is 16.5. The Morgan fingerprint density at radius 3 is 2.40 bits per heavy atom. The molecule has 0 spiro atoms. The number of hydrogen-bond donors (Lipinski definition) is 1. The number of anilines is 1. The lowest BCUT2D eigenvalue weighted by Gasteiger charge is -2.15. The average molecular weight is 271 g/mol. The normalized spacial score (nSPS) is 10.4. The summed E-state index contributed by atoms with van der Waals surface area (Å²) in [5.41, 5.74) is 11.0. The van der Waals surface area contributed by atoms with Crippen LogP contribution in [0.5, 0.6) is 11.5 Å². The lowest BCUT2D eigenvalue weighted by atomic mass is 10.1. The number of ether oxygens (including phenoxy) is 2. The molecule has 2 aromatic carbocycles. The first-order valence-corrected chi connectivity index (χ1v) is 6.65. The zero-order chi connectivity index (χ0) is 14.7. The van der Waals surface area contributed by atoms with E-state index in [-0.39, 0.29) is 0 Å². The van der Waals surface area contributed by atoms with Crippen molar-refractivity contribution in [2.75, 3.05) is 12.8 Å². The summed E-state index contributed by atoms with van der Waals surface area (Å²) in [5.74, 6) is 1.73. The minimum absolute atomic E-state index is 0.444. The van der Waals surface area contributed by atoms with Crippen LogP contribution in [0.25, 0.3) is 0 Å². The molecule has 0 aromatic heterocycles. The Balaban J connectivity index is 2.25. The van der Waals surface area contributed by atoms with Gasteiger partial charge in [-0.2, -0.15) is 0 Å². The van der Waals surface area contributed by atoms with Crippen LogP contribution in [-0.2, 0) is 6.61 Å². The molecule has 0 aliphatic carbocycles. The van der Waals surface area contributed by atoms with Crippen molar-refractivity contribution in [3.8, 4) is 11.5 Å². The monoisotopic (exact) mass is 271 g/mol. The Labute approximate surface area is 120 Å². The molecule has 2 aromatic rings. The van der Waals surface area contributed by atoms with E-state index in [0.717, 1.165) is 22.6 Å². The summed E-state index contributed by atoms with van der Waals surface area (Å²) in [7, 11) is 1.65. The van der Waals surface area contributed by atoms with Crippen LogP contribution in [0.2, 0.25) is 0 Å². The van der Waals surface area contributed by atoms with Gasteiger partial charge in [-0.1, -0.05) is 12.1 Å². The molecule has 106 valence electrons. The van der Waals surface area contributed by atoms with Crippen LogP contribution in [0, 0.1) is 20.8 Å². The van der Waals surface area contributed by atoms with Crippen molar-refractivity contribution in [2.24, 2.45) is 0 Å². The molecule has 0 saturated carbocycles. The highest BCUT2D eigenvalue weighted by Crippen LogP contribution is 2.28. The van der Waals surface area contributed by atoms with Gasteiger partial charge in [-0.25, -0.2) is 0 Å².